The minimum atomic E-state index is -1.09. The molecule has 3 aliphatic heterocycles. The van der Waals surface area contributed by atoms with Gasteiger partial charge in [-0.1, -0.05) is 12.1 Å². The van der Waals surface area contributed by atoms with Gasteiger partial charge in [-0.05, 0) is 48.0 Å². The Morgan fingerprint density at radius 1 is 1.19 bits per heavy atom. The lowest BCUT2D eigenvalue weighted by Gasteiger charge is -2.42. The summed E-state index contributed by atoms with van der Waals surface area (Å²) in [4.78, 5) is 26.4. The van der Waals surface area contributed by atoms with Gasteiger partial charge in [0.05, 0.1) is 4.47 Å². The molecular formula is C20H16BrNO5. The van der Waals surface area contributed by atoms with Crippen LogP contribution >= 0.6 is 15.9 Å². The highest BCUT2D eigenvalue weighted by Crippen LogP contribution is 2.52. The summed E-state index contributed by atoms with van der Waals surface area (Å²) in [5.74, 6) is -0.184. The number of benzene rings is 1. The monoisotopic (exact) mass is 429 g/mol. The molecule has 1 aromatic heterocycles. The zero-order valence-electron chi connectivity index (χ0n) is 14.5. The number of rotatable bonds is 1. The van der Waals surface area contributed by atoms with Crippen molar-refractivity contribution in [3.05, 3.63) is 52.4 Å². The molecule has 5 rings (SSSR count). The number of furan rings is 1. The molecule has 2 aromatic rings. The molecular weight excluding hydrogens is 414 g/mol. The summed E-state index contributed by atoms with van der Waals surface area (Å²) in [6, 6.07) is 7.86. The molecule has 0 saturated carbocycles. The first-order valence-corrected chi connectivity index (χ1v) is 9.56. The normalized spacial score (nSPS) is 29.2. The molecule has 0 amide bonds. The summed E-state index contributed by atoms with van der Waals surface area (Å²) in [6.07, 6.45) is 4.24. The van der Waals surface area contributed by atoms with Crippen LogP contribution in [0.5, 0.6) is 0 Å². The highest BCUT2D eigenvalue weighted by Gasteiger charge is 2.57. The molecule has 1 fully saturated rings. The van der Waals surface area contributed by atoms with Crippen molar-refractivity contribution in [2.75, 3.05) is 7.05 Å². The quantitative estimate of drug-likeness (QED) is 0.642. The van der Waals surface area contributed by atoms with Crippen molar-refractivity contribution in [1.82, 2.24) is 4.90 Å². The summed E-state index contributed by atoms with van der Waals surface area (Å²) < 4.78 is 18.4. The van der Waals surface area contributed by atoms with Gasteiger partial charge in [-0.3, -0.25) is 4.90 Å². The Morgan fingerprint density at radius 3 is 2.78 bits per heavy atom. The Labute approximate surface area is 163 Å². The Bertz CT molecular complexity index is 1050. The SMILES string of the molecule is CN1C2CCC13OC(=O)/C=C/C(=O)OC3=C(c1oc3ccccc3c1Br)C2. The van der Waals surface area contributed by atoms with E-state index >= 15 is 0 Å². The van der Waals surface area contributed by atoms with Gasteiger partial charge in [-0.25, -0.2) is 9.59 Å². The number of carbonyl (C=O) groups is 2. The first kappa shape index (κ1) is 16.8. The molecule has 1 saturated heterocycles. The number of hydrogen-bond donors (Lipinski definition) is 0. The molecule has 7 heteroatoms. The molecule has 1 aromatic carbocycles. The highest BCUT2D eigenvalue weighted by atomic mass is 79.9. The van der Waals surface area contributed by atoms with Gasteiger partial charge in [-0.2, -0.15) is 0 Å². The van der Waals surface area contributed by atoms with E-state index in [1.807, 2.05) is 36.2 Å². The second-order valence-electron chi connectivity index (χ2n) is 7.02. The molecule has 2 bridgehead atoms. The van der Waals surface area contributed by atoms with Crippen molar-refractivity contribution in [3.8, 4) is 0 Å². The third-order valence-corrected chi connectivity index (χ3v) is 6.43. The van der Waals surface area contributed by atoms with Crippen LogP contribution in [0.1, 0.15) is 25.0 Å². The van der Waals surface area contributed by atoms with E-state index in [0.717, 1.165) is 39.6 Å². The average Bonchev–Trinajstić information content (AvgIpc) is 3.09. The van der Waals surface area contributed by atoms with Crippen molar-refractivity contribution in [2.45, 2.75) is 31.0 Å². The number of para-hydroxylation sites is 1. The second-order valence-corrected chi connectivity index (χ2v) is 7.81. The molecule has 0 radical (unpaired) electrons. The Hall–Kier alpha value is -2.38. The fourth-order valence-corrected chi connectivity index (χ4v) is 4.94. The van der Waals surface area contributed by atoms with Gasteiger partial charge in [0, 0.05) is 35.6 Å². The zero-order chi connectivity index (χ0) is 18.8. The molecule has 6 nitrogen and oxygen atoms in total. The number of halogens is 1. The number of nitrogens with zero attached hydrogens (tertiary/aromatic N) is 1. The molecule has 27 heavy (non-hydrogen) atoms. The maximum Gasteiger partial charge on any atom is 0.336 e. The van der Waals surface area contributed by atoms with E-state index in [2.05, 4.69) is 15.9 Å². The lowest BCUT2D eigenvalue weighted by Crippen LogP contribution is -2.53. The average molecular weight is 430 g/mol. The van der Waals surface area contributed by atoms with Gasteiger partial charge in [-0.15, -0.1) is 0 Å². The second kappa shape index (κ2) is 5.81. The summed E-state index contributed by atoms with van der Waals surface area (Å²) in [5.41, 5.74) is 0.408. The van der Waals surface area contributed by atoms with Crippen molar-refractivity contribution >= 4 is 44.4 Å². The molecule has 0 N–H and O–H groups in total. The predicted octanol–water partition coefficient (Wildman–Crippen LogP) is 3.76. The molecule has 1 spiro atoms. The van der Waals surface area contributed by atoms with E-state index < -0.39 is 17.7 Å². The first-order valence-electron chi connectivity index (χ1n) is 8.76. The molecule has 2 atom stereocenters. The van der Waals surface area contributed by atoms with E-state index in [1.165, 1.54) is 0 Å². The van der Waals surface area contributed by atoms with Gasteiger partial charge >= 0.3 is 11.9 Å². The van der Waals surface area contributed by atoms with E-state index in [9.17, 15) is 9.59 Å². The van der Waals surface area contributed by atoms with Crippen LogP contribution in [-0.2, 0) is 19.1 Å². The van der Waals surface area contributed by atoms with Gasteiger partial charge in [0.1, 0.15) is 11.3 Å². The van der Waals surface area contributed by atoms with Crippen LogP contribution in [0, 0.1) is 0 Å². The maximum atomic E-state index is 12.2. The fraction of sp³-hybridized carbons (Fsp3) is 0.300. The number of ether oxygens (including phenoxy) is 2. The van der Waals surface area contributed by atoms with Crippen LogP contribution in [0.15, 0.2) is 51.1 Å². The minimum absolute atomic E-state index is 0.166. The first-order chi connectivity index (χ1) is 13.0. The summed E-state index contributed by atoms with van der Waals surface area (Å²) in [6.45, 7) is 0. The fourth-order valence-electron chi connectivity index (χ4n) is 4.29. The molecule has 2 unspecified atom stereocenters. The third-order valence-electron chi connectivity index (χ3n) is 5.64. The molecule has 3 aliphatic rings. The molecule has 138 valence electrons. The van der Waals surface area contributed by atoms with Crippen LogP contribution in [0.4, 0.5) is 0 Å². The lowest BCUT2D eigenvalue weighted by molar-refractivity contribution is -0.178. The number of fused-ring (bicyclic) bond motifs is 2. The standard InChI is InChI=1S/C20H16BrNO5/c1-22-11-8-9-20(22)19(26-15(23)6-7-16(24)27-20)13(10-11)18-17(21)12-4-2-3-5-14(12)25-18/h2-7,11H,8-10H2,1H3/b7-6+. The lowest BCUT2D eigenvalue weighted by atomic mass is 9.95. The number of carbonyl (C=O) groups excluding carboxylic acids is 2. The number of likely N-dealkylation sites (N-methyl/N-ethyl adjacent to an activating group) is 1. The largest absolute Gasteiger partial charge is 0.455 e. The predicted molar refractivity (Wildman–Crippen MR) is 100 cm³/mol. The maximum absolute atomic E-state index is 12.2. The van der Waals surface area contributed by atoms with Crippen LogP contribution in [-0.4, -0.2) is 35.7 Å². The van der Waals surface area contributed by atoms with Crippen LogP contribution in [0.25, 0.3) is 16.5 Å². The molecule has 4 heterocycles. The van der Waals surface area contributed by atoms with Crippen molar-refractivity contribution in [3.63, 3.8) is 0 Å². The topological polar surface area (TPSA) is 69.0 Å². The summed E-state index contributed by atoms with van der Waals surface area (Å²) in [5, 5.41) is 0.940. The van der Waals surface area contributed by atoms with E-state index in [4.69, 9.17) is 13.9 Å². The van der Waals surface area contributed by atoms with Crippen LogP contribution in [0.3, 0.4) is 0 Å². The van der Waals surface area contributed by atoms with Crippen molar-refractivity contribution in [2.24, 2.45) is 0 Å². The van der Waals surface area contributed by atoms with Crippen molar-refractivity contribution < 1.29 is 23.5 Å². The smallest absolute Gasteiger partial charge is 0.336 e. The third kappa shape index (κ3) is 2.34. The van der Waals surface area contributed by atoms with E-state index in [-0.39, 0.29) is 6.04 Å². The van der Waals surface area contributed by atoms with Gasteiger partial charge in [0.25, 0.3) is 0 Å². The minimum Gasteiger partial charge on any atom is -0.455 e. The van der Waals surface area contributed by atoms with E-state index in [1.54, 1.807) is 0 Å². The Morgan fingerprint density at radius 2 is 1.96 bits per heavy atom. The summed E-state index contributed by atoms with van der Waals surface area (Å²) >= 11 is 3.64. The zero-order valence-corrected chi connectivity index (χ0v) is 16.1. The van der Waals surface area contributed by atoms with Gasteiger partial charge < -0.3 is 13.9 Å². The number of esters is 2. The summed E-state index contributed by atoms with van der Waals surface area (Å²) in [7, 11) is 1.90. The van der Waals surface area contributed by atoms with E-state index in [0.29, 0.717) is 24.4 Å². The Kier molecular flexibility index (Phi) is 3.61. The Balaban J connectivity index is 1.77. The highest BCUT2D eigenvalue weighted by molar-refractivity contribution is 9.10. The van der Waals surface area contributed by atoms with Crippen LogP contribution < -0.4 is 0 Å². The molecule has 0 aliphatic carbocycles. The number of hydrogen-bond acceptors (Lipinski definition) is 6. The van der Waals surface area contributed by atoms with Crippen molar-refractivity contribution in [1.29, 1.82) is 0 Å². The van der Waals surface area contributed by atoms with Crippen LogP contribution in [0.2, 0.25) is 0 Å². The van der Waals surface area contributed by atoms with Gasteiger partial charge in [0.2, 0.25) is 5.72 Å². The van der Waals surface area contributed by atoms with Gasteiger partial charge in [0.15, 0.2) is 5.76 Å².